The van der Waals surface area contributed by atoms with E-state index in [9.17, 15) is 4.57 Å². The monoisotopic (exact) mass is 382 g/mol. The molecule has 0 N–H and O–H groups in total. The Bertz CT molecular complexity index is 279. The minimum atomic E-state index is -2.67. The number of rotatable bonds is 15. The van der Waals surface area contributed by atoms with Gasteiger partial charge in [-0.3, -0.25) is 4.57 Å². The van der Waals surface area contributed by atoms with Crippen LogP contribution in [-0.2, 0) is 9.09 Å². The van der Waals surface area contributed by atoms with Crippen LogP contribution in [0.1, 0.15) is 99.3 Å². The Hall–Kier alpha value is 0.890. The first kappa shape index (κ1) is 23.9. The summed E-state index contributed by atoms with van der Waals surface area (Å²) >= 11 is 3.21. The largest absolute Gasteiger partial charge is 0.313 e. The standard InChI is InChI=1S/C18H39O2PS2/c1-7-10-13-16(4)20-21(19,22-17(5)14-11-8-2)23-18(6)15-12-9-3/h16-18H,7-15H2,1-6H3. The lowest BCUT2D eigenvalue weighted by atomic mass is 10.2. The zero-order valence-electron chi connectivity index (χ0n) is 16.2. The van der Waals surface area contributed by atoms with E-state index in [0.29, 0.717) is 10.5 Å². The molecule has 23 heavy (non-hydrogen) atoms. The van der Waals surface area contributed by atoms with Crippen LogP contribution in [0.2, 0.25) is 0 Å². The molecule has 0 aromatic rings. The Morgan fingerprint density at radius 3 is 1.57 bits per heavy atom. The van der Waals surface area contributed by atoms with Crippen molar-refractivity contribution >= 4 is 28.5 Å². The van der Waals surface area contributed by atoms with Gasteiger partial charge in [0.25, 0.3) is 0 Å². The summed E-state index contributed by atoms with van der Waals surface area (Å²) < 4.78 is 19.6. The Labute approximate surface area is 153 Å². The molecular formula is C18H39O2PS2. The van der Waals surface area contributed by atoms with E-state index in [1.807, 2.05) is 0 Å². The molecule has 2 nitrogen and oxygen atoms in total. The van der Waals surface area contributed by atoms with Gasteiger partial charge in [0.1, 0.15) is 0 Å². The molecule has 5 heteroatoms. The normalized spacial score (nSPS) is 18.3. The van der Waals surface area contributed by atoms with Crippen LogP contribution >= 0.6 is 28.5 Å². The van der Waals surface area contributed by atoms with Gasteiger partial charge in [-0.2, -0.15) is 0 Å². The molecular weight excluding hydrogens is 343 g/mol. The van der Waals surface area contributed by atoms with E-state index >= 15 is 0 Å². The summed E-state index contributed by atoms with van der Waals surface area (Å²) in [5.74, 6) is -2.67. The van der Waals surface area contributed by atoms with Crippen molar-refractivity contribution in [2.75, 3.05) is 0 Å². The van der Waals surface area contributed by atoms with Crippen molar-refractivity contribution < 1.29 is 9.09 Å². The fraction of sp³-hybridized carbons (Fsp3) is 1.00. The molecule has 0 aliphatic heterocycles. The quantitative estimate of drug-likeness (QED) is 0.266. The summed E-state index contributed by atoms with van der Waals surface area (Å²) in [4.78, 5) is 0. The molecule has 0 amide bonds. The van der Waals surface area contributed by atoms with Gasteiger partial charge in [-0.1, -0.05) is 95.9 Å². The highest BCUT2D eigenvalue weighted by molar-refractivity contribution is 8.89. The average Bonchev–Trinajstić information content (AvgIpc) is 2.48. The van der Waals surface area contributed by atoms with E-state index in [-0.39, 0.29) is 6.10 Å². The summed E-state index contributed by atoms with van der Waals surface area (Å²) in [6.07, 6.45) is 10.5. The lowest BCUT2D eigenvalue weighted by Crippen LogP contribution is -2.07. The van der Waals surface area contributed by atoms with Crippen LogP contribution in [0.25, 0.3) is 0 Å². The third-order valence-electron chi connectivity index (χ3n) is 3.82. The summed E-state index contributed by atoms with van der Waals surface area (Å²) in [5.41, 5.74) is 0. The lowest BCUT2D eigenvalue weighted by molar-refractivity contribution is 0.224. The zero-order valence-corrected chi connectivity index (χ0v) is 18.7. The van der Waals surface area contributed by atoms with E-state index in [4.69, 9.17) is 4.52 Å². The average molecular weight is 383 g/mol. The minimum absolute atomic E-state index is 0.0949. The second-order valence-electron chi connectivity index (χ2n) is 6.62. The third kappa shape index (κ3) is 12.8. The highest BCUT2D eigenvalue weighted by atomic mass is 33.1. The molecule has 3 unspecified atom stereocenters. The first-order chi connectivity index (χ1) is 10.9. The molecule has 0 radical (unpaired) electrons. The number of hydrogen-bond acceptors (Lipinski definition) is 4. The summed E-state index contributed by atoms with van der Waals surface area (Å²) in [6, 6.07) is 0. The lowest BCUT2D eigenvalue weighted by Gasteiger charge is -2.26. The predicted octanol–water partition coefficient (Wildman–Crippen LogP) is 8.31. The summed E-state index contributed by atoms with van der Waals surface area (Å²) in [5, 5.41) is 0.815. The van der Waals surface area contributed by atoms with Crippen LogP contribution in [0.4, 0.5) is 0 Å². The van der Waals surface area contributed by atoms with Gasteiger partial charge in [-0.15, -0.1) is 0 Å². The van der Waals surface area contributed by atoms with Crippen molar-refractivity contribution in [2.45, 2.75) is 116 Å². The van der Waals surface area contributed by atoms with E-state index in [0.717, 1.165) is 32.1 Å². The maximum atomic E-state index is 13.4. The molecule has 0 aliphatic rings. The van der Waals surface area contributed by atoms with E-state index in [2.05, 4.69) is 41.5 Å². The van der Waals surface area contributed by atoms with E-state index in [1.165, 1.54) is 25.7 Å². The fourth-order valence-corrected chi connectivity index (χ4v) is 12.2. The maximum Gasteiger partial charge on any atom is 0.313 e. The van der Waals surface area contributed by atoms with Gasteiger partial charge in [-0.25, -0.2) is 0 Å². The van der Waals surface area contributed by atoms with Crippen molar-refractivity contribution in [2.24, 2.45) is 0 Å². The van der Waals surface area contributed by atoms with Gasteiger partial charge in [0.05, 0.1) is 6.10 Å². The molecule has 0 fully saturated rings. The van der Waals surface area contributed by atoms with Crippen LogP contribution in [0.5, 0.6) is 0 Å². The molecule has 0 spiro atoms. The molecule has 0 saturated carbocycles. The van der Waals surface area contributed by atoms with Crippen LogP contribution in [0.3, 0.4) is 0 Å². The second kappa shape index (κ2) is 14.1. The Morgan fingerprint density at radius 1 is 0.783 bits per heavy atom. The van der Waals surface area contributed by atoms with Gasteiger partial charge in [-0.05, 0) is 26.2 Å². The number of unbranched alkanes of at least 4 members (excludes halogenated alkanes) is 3. The highest BCUT2D eigenvalue weighted by Gasteiger charge is 2.32. The number of hydrogen-bond donors (Lipinski definition) is 0. The smallest absolute Gasteiger partial charge is 0.311 e. The van der Waals surface area contributed by atoms with E-state index in [1.54, 1.807) is 22.8 Å². The van der Waals surface area contributed by atoms with Gasteiger partial charge in [0, 0.05) is 10.5 Å². The maximum absolute atomic E-state index is 13.4. The summed E-state index contributed by atoms with van der Waals surface area (Å²) in [6.45, 7) is 13.1. The van der Waals surface area contributed by atoms with Crippen LogP contribution in [0, 0.1) is 0 Å². The van der Waals surface area contributed by atoms with Gasteiger partial charge < -0.3 is 4.52 Å². The highest BCUT2D eigenvalue weighted by Crippen LogP contribution is 2.73. The van der Waals surface area contributed by atoms with Gasteiger partial charge >= 0.3 is 5.77 Å². The zero-order chi connectivity index (χ0) is 17.7. The minimum Gasteiger partial charge on any atom is -0.311 e. The topological polar surface area (TPSA) is 26.3 Å². The van der Waals surface area contributed by atoms with Crippen LogP contribution in [0.15, 0.2) is 0 Å². The molecule has 0 bridgehead atoms. The van der Waals surface area contributed by atoms with Crippen molar-refractivity contribution in [1.29, 1.82) is 0 Å². The SMILES string of the molecule is CCCCC(C)OP(=O)(SC(C)CCCC)SC(C)CCCC. The third-order valence-corrected chi connectivity index (χ3v) is 11.9. The van der Waals surface area contributed by atoms with Gasteiger partial charge in [0.2, 0.25) is 0 Å². The Kier molecular flexibility index (Phi) is 14.6. The predicted molar refractivity (Wildman–Crippen MR) is 111 cm³/mol. The van der Waals surface area contributed by atoms with Crippen molar-refractivity contribution in [1.82, 2.24) is 0 Å². The van der Waals surface area contributed by atoms with Gasteiger partial charge in [0.15, 0.2) is 0 Å². The first-order valence-corrected chi connectivity index (χ1v) is 14.1. The van der Waals surface area contributed by atoms with Crippen molar-refractivity contribution in [3.63, 3.8) is 0 Å². The van der Waals surface area contributed by atoms with Crippen molar-refractivity contribution in [3.8, 4) is 0 Å². The molecule has 0 aromatic carbocycles. The van der Waals surface area contributed by atoms with Crippen LogP contribution < -0.4 is 0 Å². The molecule has 3 atom stereocenters. The van der Waals surface area contributed by atoms with Crippen LogP contribution in [-0.4, -0.2) is 16.6 Å². The fourth-order valence-electron chi connectivity index (χ4n) is 2.37. The Balaban J connectivity index is 4.70. The molecule has 0 aliphatic carbocycles. The molecule has 0 saturated heterocycles. The molecule has 140 valence electrons. The molecule has 0 rings (SSSR count). The van der Waals surface area contributed by atoms with Crippen molar-refractivity contribution in [3.05, 3.63) is 0 Å². The molecule has 0 aromatic heterocycles. The van der Waals surface area contributed by atoms with E-state index < -0.39 is 5.77 Å². The second-order valence-corrected chi connectivity index (χ2v) is 14.6. The molecule has 0 heterocycles. The first-order valence-electron chi connectivity index (χ1n) is 9.52. The Morgan fingerprint density at radius 2 is 1.17 bits per heavy atom. The summed E-state index contributed by atoms with van der Waals surface area (Å²) in [7, 11) is 0.